The lowest BCUT2D eigenvalue weighted by atomic mass is 10.0. The van der Waals surface area contributed by atoms with Gasteiger partial charge >= 0.3 is 0 Å². The van der Waals surface area contributed by atoms with Crippen LogP contribution in [-0.2, 0) is 6.42 Å². The predicted octanol–water partition coefficient (Wildman–Crippen LogP) is 2.09. The van der Waals surface area contributed by atoms with Crippen molar-refractivity contribution in [3.63, 3.8) is 0 Å². The third kappa shape index (κ3) is 4.41. The second-order valence-electron chi connectivity index (χ2n) is 6.79. The number of para-hydroxylation sites is 1. The summed E-state index contributed by atoms with van der Waals surface area (Å²) in [5.74, 6) is 0.0920. The standard InChI is InChI=1S/C19H27ClN4O/c1-6-15-17(19(25)21-11-12-23(4)5)18(13(2)3)22-24(15)16-10-8-7-9-14(16)20/h7-10,13H,6,11-12H2,1-5H3,(H,21,25)/p+1. The fourth-order valence-electron chi connectivity index (χ4n) is 2.79. The van der Waals surface area contributed by atoms with Crippen LogP contribution in [0.25, 0.3) is 5.69 Å². The maximum Gasteiger partial charge on any atom is 0.255 e. The highest BCUT2D eigenvalue weighted by atomic mass is 35.5. The second-order valence-corrected chi connectivity index (χ2v) is 7.20. The van der Waals surface area contributed by atoms with E-state index < -0.39 is 0 Å². The van der Waals surface area contributed by atoms with Crippen molar-refractivity contribution in [1.29, 1.82) is 0 Å². The Balaban J connectivity index is 2.48. The van der Waals surface area contributed by atoms with E-state index in [1.807, 2.05) is 35.9 Å². The number of hydrogen-bond acceptors (Lipinski definition) is 2. The van der Waals surface area contributed by atoms with Crippen LogP contribution in [0.5, 0.6) is 0 Å². The molecule has 0 aliphatic carbocycles. The molecule has 0 saturated carbocycles. The van der Waals surface area contributed by atoms with Crippen LogP contribution in [0.1, 0.15) is 48.4 Å². The van der Waals surface area contributed by atoms with Gasteiger partial charge in [-0.15, -0.1) is 0 Å². The van der Waals surface area contributed by atoms with E-state index in [0.29, 0.717) is 23.6 Å². The van der Waals surface area contributed by atoms with Crippen molar-refractivity contribution in [2.45, 2.75) is 33.1 Å². The number of amides is 1. The van der Waals surface area contributed by atoms with E-state index in [2.05, 4.69) is 33.3 Å². The smallest absolute Gasteiger partial charge is 0.255 e. The van der Waals surface area contributed by atoms with Crippen molar-refractivity contribution in [1.82, 2.24) is 15.1 Å². The molecule has 0 spiro atoms. The molecule has 0 unspecified atom stereocenters. The summed E-state index contributed by atoms with van der Waals surface area (Å²) in [6, 6.07) is 7.58. The number of aromatic nitrogens is 2. The lowest BCUT2D eigenvalue weighted by Crippen LogP contribution is -3.06. The van der Waals surface area contributed by atoms with Crippen LogP contribution in [0.3, 0.4) is 0 Å². The molecule has 2 N–H and O–H groups in total. The fourth-order valence-corrected chi connectivity index (χ4v) is 3.00. The maximum absolute atomic E-state index is 12.9. The van der Waals surface area contributed by atoms with Crippen molar-refractivity contribution in [2.75, 3.05) is 27.2 Å². The summed E-state index contributed by atoms with van der Waals surface area (Å²) in [4.78, 5) is 14.2. The van der Waals surface area contributed by atoms with Crippen LogP contribution in [-0.4, -0.2) is 42.9 Å². The zero-order valence-corrected chi connectivity index (χ0v) is 16.4. The Morgan fingerprint density at radius 2 is 2.00 bits per heavy atom. The number of quaternary nitrogens is 1. The number of nitrogens with zero attached hydrogens (tertiary/aromatic N) is 2. The molecule has 2 aromatic rings. The van der Waals surface area contributed by atoms with E-state index in [1.54, 1.807) is 0 Å². The minimum atomic E-state index is -0.0555. The summed E-state index contributed by atoms with van der Waals surface area (Å²) in [7, 11) is 4.14. The Kier molecular flexibility index (Phi) is 6.62. The first kappa shape index (κ1) is 19.5. The normalized spacial score (nSPS) is 11.4. The molecule has 0 saturated heterocycles. The van der Waals surface area contributed by atoms with Gasteiger partial charge in [0, 0.05) is 0 Å². The summed E-state index contributed by atoms with van der Waals surface area (Å²) in [5.41, 5.74) is 3.20. The third-order valence-corrected chi connectivity index (χ3v) is 4.43. The Morgan fingerprint density at radius 1 is 1.32 bits per heavy atom. The van der Waals surface area contributed by atoms with Gasteiger partial charge in [-0.2, -0.15) is 5.10 Å². The number of carbonyl (C=O) groups excluding carboxylic acids is 1. The van der Waals surface area contributed by atoms with E-state index in [4.69, 9.17) is 16.7 Å². The summed E-state index contributed by atoms with van der Waals surface area (Å²) >= 11 is 6.36. The quantitative estimate of drug-likeness (QED) is 0.791. The molecular formula is C19H28ClN4O+. The molecule has 136 valence electrons. The van der Waals surface area contributed by atoms with E-state index in [0.717, 1.165) is 23.6 Å². The molecule has 0 atom stereocenters. The summed E-state index contributed by atoms with van der Waals surface area (Å²) in [6.07, 6.45) is 0.701. The lowest BCUT2D eigenvalue weighted by Gasteiger charge is -2.11. The first-order valence-electron chi connectivity index (χ1n) is 8.80. The monoisotopic (exact) mass is 363 g/mol. The van der Waals surface area contributed by atoms with Crippen molar-refractivity contribution in [3.8, 4) is 5.69 Å². The topological polar surface area (TPSA) is 51.4 Å². The highest BCUT2D eigenvalue weighted by molar-refractivity contribution is 6.32. The zero-order valence-electron chi connectivity index (χ0n) is 15.7. The Labute approximate surface area is 155 Å². The van der Waals surface area contributed by atoms with Crippen LogP contribution < -0.4 is 10.2 Å². The van der Waals surface area contributed by atoms with Crippen LogP contribution in [0.15, 0.2) is 24.3 Å². The van der Waals surface area contributed by atoms with E-state index in [1.165, 1.54) is 4.90 Å². The summed E-state index contributed by atoms with van der Waals surface area (Å²) < 4.78 is 1.82. The van der Waals surface area contributed by atoms with Gasteiger partial charge in [0.25, 0.3) is 5.91 Å². The first-order valence-corrected chi connectivity index (χ1v) is 9.18. The average Bonchev–Trinajstić information content (AvgIpc) is 2.94. The molecule has 1 amide bonds. The zero-order chi connectivity index (χ0) is 18.6. The van der Waals surface area contributed by atoms with Crippen LogP contribution in [0.4, 0.5) is 0 Å². The highest BCUT2D eigenvalue weighted by Crippen LogP contribution is 2.28. The minimum absolute atomic E-state index is 0.0555. The molecule has 2 rings (SSSR count). The van der Waals surface area contributed by atoms with Crippen molar-refractivity contribution in [3.05, 3.63) is 46.2 Å². The number of nitrogens with one attached hydrogen (secondary N) is 2. The number of carbonyl (C=O) groups is 1. The SMILES string of the molecule is CCc1c(C(=O)NCC[NH+](C)C)c(C(C)C)nn1-c1ccccc1Cl. The van der Waals surface area contributed by atoms with Crippen molar-refractivity contribution >= 4 is 17.5 Å². The highest BCUT2D eigenvalue weighted by Gasteiger charge is 2.25. The minimum Gasteiger partial charge on any atom is -0.346 e. The molecule has 6 heteroatoms. The molecular weight excluding hydrogens is 336 g/mol. The predicted molar refractivity (Wildman–Crippen MR) is 102 cm³/mol. The second kappa shape index (κ2) is 8.50. The van der Waals surface area contributed by atoms with Gasteiger partial charge in [-0.25, -0.2) is 4.68 Å². The van der Waals surface area contributed by atoms with Gasteiger partial charge in [0.05, 0.1) is 54.8 Å². The third-order valence-electron chi connectivity index (χ3n) is 4.11. The van der Waals surface area contributed by atoms with Gasteiger partial charge in [-0.3, -0.25) is 4.79 Å². The number of hydrogen-bond donors (Lipinski definition) is 2. The van der Waals surface area contributed by atoms with E-state index in [-0.39, 0.29) is 11.8 Å². The number of halogens is 1. The largest absolute Gasteiger partial charge is 0.346 e. The lowest BCUT2D eigenvalue weighted by molar-refractivity contribution is -0.856. The molecule has 5 nitrogen and oxygen atoms in total. The molecule has 0 aliphatic heterocycles. The van der Waals surface area contributed by atoms with E-state index in [9.17, 15) is 4.79 Å². The van der Waals surface area contributed by atoms with Crippen LogP contribution >= 0.6 is 11.6 Å². The first-order chi connectivity index (χ1) is 11.9. The van der Waals surface area contributed by atoms with Gasteiger partial charge in [0.2, 0.25) is 0 Å². The summed E-state index contributed by atoms with van der Waals surface area (Å²) in [5, 5.41) is 8.40. The van der Waals surface area contributed by atoms with Crippen LogP contribution in [0.2, 0.25) is 5.02 Å². The van der Waals surface area contributed by atoms with Crippen molar-refractivity contribution in [2.24, 2.45) is 0 Å². The van der Waals surface area contributed by atoms with Crippen molar-refractivity contribution < 1.29 is 9.69 Å². The molecule has 25 heavy (non-hydrogen) atoms. The van der Waals surface area contributed by atoms with Gasteiger partial charge in [0.1, 0.15) is 0 Å². The Morgan fingerprint density at radius 3 is 2.56 bits per heavy atom. The van der Waals surface area contributed by atoms with E-state index >= 15 is 0 Å². The molecule has 1 aromatic heterocycles. The molecule has 1 heterocycles. The van der Waals surface area contributed by atoms with Gasteiger partial charge in [-0.1, -0.05) is 44.5 Å². The maximum atomic E-state index is 12.9. The number of rotatable bonds is 7. The number of benzene rings is 1. The molecule has 1 aromatic carbocycles. The molecule has 0 fully saturated rings. The van der Waals surface area contributed by atoms with Gasteiger partial charge in [-0.05, 0) is 24.5 Å². The number of likely N-dealkylation sites (N-methyl/N-ethyl adjacent to an activating group) is 1. The molecule has 0 radical (unpaired) electrons. The Hall–Kier alpha value is -1.85. The fraction of sp³-hybridized carbons (Fsp3) is 0.474. The Bertz CT molecular complexity index is 737. The average molecular weight is 364 g/mol. The summed E-state index contributed by atoms with van der Waals surface area (Å²) in [6.45, 7) is 7.66. The van der Waals surface area contributed by atoms with Gasteiger partial charge < -0.3 is 10.2 Å². The molecule has 0 aliphatic rings. The van der Waals surface area contributed by atoms with Crippen LogP contribution in [0, 0.1) is 0 Å². The van der Waals surface area contributed by atoms with Gasteiger partial charge in [0.15, 0.2) is 0 Å². The molecule has 0 bridgehead atoms.